The third-order valence-electron chi connectivity index (χ3n) is 4.96. The Morgan fingerprint density at radius 1 is 1.11 bits per heavy atom. The van der Waals surface area contributed by atoms with Gasteiger partial charge in [-0.15, -0.1) is 10.2 Å². The van der Waals surface area contributed by atoms with Crippen LogP contribution in [0.1, 0.15) is 43.3 Å². The van der Waals surface area contributed by atoms with E-state index >= 15 is 0 Å². The van der Waals surface area contributed by atoms with Gasteiger partial charge in [-0.2, -0.15) is 0 Å². The zero-order valence-corrected chi connectivity index (χ0v) is 16.7. The second-order valence-electron chi connectivity index (χ2n) is 7.62. The van der Waals surface area contributed by atoms with Crippen LogP contribution in [0.3, 0.4) is 0 Å². The number of nitrogens with one attached hydrogen (secondary N) is 2. The maximum Gasteiger partial charge on any atom is 0.224 e. The molecule has 0 unspecified atom stereocenters. The van der Waals surface area contributed by atoms with E-state index in [1.807, 2.05) is 51.5 Å². The minimum Gasteiger partial charge on any atom is -0.353 e. The zero-order valence-electron chi connectivity index (χ0n) is 16.7. The molecule has 1 heterocycles. The molecule has 0 aliphatic heterocycles. The van der Waals surface area contributed by atoms with Crippen molar-refractivity contribution in [3.63, 3.8) is 0 Å². The molecule has 1 fully saturated rings. The maximum atomic E-state index is 12.1. The molecule has 1 aromatic carbocycles. The minimum atomic E-state index is -0.152. The number of carbonyl (C=O) groups excluding carboxylic acids is 2. The summed E-state index contributed by atoms with van der Waals surface area (Å²) in [5, 5.41) is 14.4. The molecule has 0 atom stereocenters. The summed E-state index contributed by atoms with van der Waals surface area (Å²) in [5.74, 6) is 2.00. The average molecular weight is 384 g/mol. The monoisotopic (exact) mass is 384 g/mol. The topological polar surface area (TPSA) is 92.2 Å². The van der Waals surface area contributed by atoms with Crippen molar-refractivity contribution in [2.45, 2.75) is 44.2 Å². The molecule has 0 spiro atoms. The molecule has 1 aromatic heterocycles. The van der Waals surface area contributed by atoms with Crippen molar-refractivity contribution >= 4 is 17.5 Å². The van der Waals surface area contributed by atoms with Gasteiger partial charge in [-0.05, 0) is 39.1 Å². The van der Waals surface area contributed by atoms with E-state index in [0.29, 0.717) is 5.92 Å². The molecular formula is C20H28N6O2. The molecule has 2 aromatic rings. The lowest BCUT2D eigenvalue weighted by Gasteiger charge is -2.35. The van der Waals surface area contributed by atoms with Crippen LogP contribution in [0.4, 0.5) is 5.69 Å². The first kappa shape index (κ1) is 20.0. The first-order chi connectivity index (χ1) is 13.4. The highest BCUT2D eigenvalue weighted by molar-refractivity contribution is 5.93. The van der Waals surface area contributed by atoms with Gasteiger partial charge in [-0.1, -0.05) is 18.2 Å². The number of rotatable bonds is 8. The van der Waals surface area contributed by atoms with E-state index in [4.69, 9.17) is 0 Å². The fraction of sp³-hybridized carbons (Fsp3) is 0.500. The van der Waals surface area contributed by atoms with Gasteiger partial charge in [0.05, 0.1) is 6.54 Å². The van der Waals surface area contributed by atoms with Crippen LogP contribution in [-0.2, 0) is 23.2 Å². The minimum absolute atomic E-state index is 0.0853. The quantitative estimate of drug-likeness (QED) is 0.722. The van der Waals surface area contributed by atoms with Crippen molar-refractivity contribution in [1.82, 2.24) is 25.0 Å². The fourth-order valence-electron chi connectivity index (χ4n) is 3.37. The van der Waals surface area contributed by atoms with Gasteiger partial charge in [-0.25, -0.2) is 0 Å². The first-order valence-electron chi connectivity index (χ1n) is 9.59. The molecule has 0 saturated heterocycles. The summed E-state index contributed by atoms with van der Waals surface area (Å²) in [5.41, 5.74) is 0.743. The highest BCUT2D eigenvalue weighted by Crippen LogP contribution is 2.36. The standard InChI is InChI=1S/C20H28N6O2/c1-25(2)13-17-23-24-20(26(17)3)14-11-16(12-14)22-19(28)10-9-18(27)21-15-7-5-4-6-8-15/h4-8,14,16H,9-13H2,1-3H3,(H,21,27)(H,22,28). The number of anilines is 1. The summed E-state index contributed by atoms with van der Waals surface area (Å²) in [7, 11) is 6.00. The summed E-state index contributed by atoms with van der Waals surface area (Å²) < 4.78 is 2.05. The second-order valence-corrected chi connectivity index (χ2v) is 7.62. The number of carbonyl (C=O) groups is 2. The highest BCUT2D eigenvalue weighted by atomic mass is 16.2. The van der Waals surface area contributed by atoms with Gasteiger partial charge in [0.25, 0.3) is 0 Å². The molecule has 0 radical (unpaired) electrons. The SMILES string of the molecule is CN(C)Cc1nnc(C2CC(NC(=O)CCC(=O)Nc3ccccc3)C2)n1C. The number of benzene rings is 1. The van der Waals surface area contributed by atoms with Crippen molar-refractivity contribution in [1.29, 1.82) is 0 Å². The second kappa shape index (κ2) is 8.97. The van der Waals surface area contributed by atoms with Crippen molar-refractivity contribution in [3.05, 3.63) is 42.0 Å². The molecule has 8 heteroatoms. The Morgan fingerprint density at radius 3 is 2.46 bits per heavy atom. The van der Waals surface area contributed by atoms with Crippen LogP contribution in [0.25, 0.3) is 0 Å². The molecule has 1 aliphatic carbocycles. The van der Waals surface area contributed by atoms with Crippen LogP contribution in [0.5, 0.6) is 0 Å². The fourth-order valence-corrected chi connectivity index (χ4v) is 3.37. The van der Waals surface area contributed by atoms with E-state index in [1.165, 1.54) is 0 Å². The molecule has 150 valence electrons. The van der Waals surface area contributed by atoms with Crippen molar-refractivity contribution in [3.8, 4) is 0 Å². The summed E-state index contributed by atoms with van der Waals surface area (Å²) >= 11 is 0. The molecule has 2 amide bonds. The van der Waals surface area contributed by atoms with Crippen LogP contribution in [0.15, 0.2) is 30.3 Å². The van der Waals surface area contributed by atoms with Crippen molar-refractivity contribution in [2.75, 3.05) is 19.4 Å². The average Bonchev–Trinajstić information content (AvgIpc) is 2.96. The summed E-state index contributed by atoms with van der Waals surface area (Å²) in [6.07, 6.45) is 2.08. The van der Waals surface area contributed by atoms with E-state index in [1.54, 1.807) is 0 Å². The van der Waals surface area contributed by atoms with Crippen LogP contribution in [0, 0.1) is 0 Å². The first-order valence-corrected chi connectivity index (χ1v) is 9.59. The van der Waals surface area contributed by atoms with Gasteiger partial charge < -0.3 is 20.1 Å². The lowest BCUT2D eigenvalue weighted by Crippen LogP contribution is -2.44. The van der Waals surface area contributed by atoms with E-state index in [0.717, 1.165) is 36.7 Å². The molecular weight excluding hydrogens is 356 g/mol. The number of para-hydroxylation sites is 1. The van der Waals surface area contributed by atoms with Gasteiger partial charge in [0.2, 0.25) is 11.8 Å². The van der Waals surface area contributed by atoms with Crippen LogP contribution >= 0.6 is 0 Å². The van der Waals surface area contributed by atoms with E-state index < -0.39 is 0 Å². The van der Waals surface area contributed by atoms with Gasteiger partial charge >= 0.3 is 0 Å². The van der Waals surface area contributed by atoms with Gasteiger partial charge in [-0.3, -0.25) is 9.59 Å². The predicted octanol–water partition coefficient (Wildman–Crippen LogP) is 1.66. The van der Waals surface area contributed by atoms with E-state index in [2.05, 4.69) is 30.3 Å². The van der Waals surface area contributed by atoms with E-state index in [9.17, 15) is 9.59 Å². The molecule has 1 aliphatic rings. The number of aromatic nitrogens is 3. The Labute approximate surface area is 165 Å². The van der Waals surface area contributed by atoms with Crippen LogP contribution in [-0.4, -0.2) is 51.6 Å². The Hall–Kier alpha value is -2.74. The maximum absolute atomic E-state index is 12.1. The number of hydrogen-bond donors (Lipinski definition) is 2. The molecule has 3 rings (SSSR count). The smallest absolute Gasteiger partial charge is 0.224 e. The van der Waals surface area contributed by atoms with Crippen LogP contribution in [0.2, 0.25) is 0 Å². The Morgan fingerprint density at radius 2 is 1.79 bits per heavy atom. The lowest BCUT2D eigenvalue weighted by atomic mass is 9.79. The summed E-state index contributed by atoms with van der Waals surface area (Å²) in [6.45, 7) is 0.751. The number of nitrogens with zero attached hydrogens (tertiary/aromatic N) is 4. The molecule has 1 saturated carbocycles. The summed E-state index contributed by atoms with van der Waals surface area (Å²) in [6, 6.07) is 9.39. The van der Waals surface area contributed by atoms with Crippen molar-refractivity contribution in [2.24, 2.45) is 7.05 Å². The Kier molecular flexibility index (Phi) is 6.41. The summed E-state index contributed by atoms with van der Waals surface area (Å²) in [4.78, 5) is 26.1. The zero-order chi connectivity index (χ0) is 20.1. The van der Waals surface area contributed by atoms with Gasteiger partial charge in [0.1, 0.15) is 11.6 Å². The largest absolute Gasteiger partial charge is 0.353 e. The number of amides is 2. The molecule has 8 nitrogen and oxygen atoms in total. The third-order valence-corrected chi connectivity index (χ3v) is 4.96. The van der Waals surface area contributed by atoms with Gasteiger partial charge in [0, 0.05) is 37.5 Å². The third kappa shape index (κ3) is 5.16. The molecule has 2 N–H and O–H groups in total. The van der Waals surface area contributed by atoms with Gasteiger partial charge in [0.15, 0.2) is 0 Å². The molecule has 0 bridgehead atoms. The molecule has 28 heavy (non-hydrogen) atoms. The lowest BCUT2D eigenvalue weighted by molar-refractivity contribution is -0.125. The van der Waals surface area contributed by atoms with Crippen molar-refractivity contribution < 1.29 is 9.59 Å². The highest BCUT2D eigenvalue weighted by Gasteiger charge is 2.34. The normalized spacial score (nSPS) is 18.6. The Bertz CT molecular complexity index is 811. The Balaban J connectivity index is 1.38. The van der Waals surface area contributed by atoms with Crippen LogP contribution < -0.4 is 10.6 Å². The predicted molar refractivity (Wildman–Crippen MR) is 107 cm³/mol. The number of hydrogen-bond acceptors (Lipinski definition) is 5. The van der Waals surface area contributed by atoms with E-state index in [-0.39, 0.29) is 30.7 Å².